The summed E-state index contributed by atoms with van der Waals surface area (Å²) < 4.78 is 48.3. The van der Waals surface area contributed by atoms with Gasteiger partial charge in [0.15, 0.2) is 9.84 Å². The van der Waals surface area contributed by atoms with E-state index in [4.69, 9.17) is 5.73 Å². The first-order chi connectivity index (χ1) is 7.79. The molecule has 17 heavy (non-hydrogen) atoms. The van der Waals surface area contributed by atoms with Crippen molar-refractivity contribution in [3.8, 4) is 0 Å². The molecule has 1 aliphatic rings. The van der Waals surface area contributed by atoms with Crippen LogP contribution in [0.2, 0.25) is 0 Å². The van der Waals surface area contributed by atoms with E-state index in [1.165, 1.54) is 11.8 Å². The molecule has 0 aromatic carbocycles. The fraction of sp³-hybridized carbons (Fsp3) is 1.00. The summed E-state index contributed by atoms with van der Waals surface area (Å²) in [4.78, 5) is 0. The Hall–Kier alpha value is 0.170. The minimum absolute atomic E-state index is 0.0831. The summed E-state index contributed by atoms with van der Waals surface area (Å²) in [5.41, 5.74) is 5.28. The number of nitrogens with two attached hydrogens (primary N) is 1. The van der Waals surface area contributed by atoms with Crippen LogP contribution in [0.15, 0.2) is 0 Å². The van der Waals surface area contributed by atoms with E-state index >= 15 is 0 Å². The van der Waals surface area contributed by atoms with E-state index in [0.29, 0.717) is 17.9 Å². The van der Waals surface area contributed by atoms with Gasteiger partial charge in [-0.25, -0.2) is 16.8 Å². The fourth-order valence-corrected chi connectivity index (χ4v) is 6.93. The molecule has 102 valence electrons. The molecular weight excluding hydrogens is 284 g/mol. The van der Waals surface area contributed by atoms with E-state index < -0.39 is 25.2 Å². The van der Waals surface area contributed by atoms with Crippen molar-refractivity contribution < 1.29 is 16.8 Å². The van der Waals surface area contributed by atoms with E-state index in [-0.39, 0.29) is 18.8 Å². The van der Waals surface area contributed by atoms with Gasteiger partial charge >= 0.3 is 0 Å². The normalized spacial score (nSPS) is 23.8. The number of sulfonamides is 1. The molecular formula is C8H18N2O4S3. The maximum Gasteiger partial charge on any atom is 0.215 e. The lowest BCUT2D eigenvalue weighted by atomic mass is 10.5. The maximum absolute atomic E-state index is 12.0. The van der Waals surface area contributed by atoms with E-state index in [1.54, 1.807) is 0 Å². The molecule has 0 spiro atoms. The van der Waals surface area contributed by atoms with Gasteiger partial charge in [-0.2, -0.15) is 16.1 Å². The molecule has 0 aromatic heterocycles. The first kappa shape index (κ1) is 15.2. The Morgan fingerprint density at radius 1 is 1.35 bits per heavy atom. The van der Waals surface area contributed by atoms with Crippen LogP contribution in [-0.4, -0.2) is 63.1 Å². The number of hydrogen-bond acceptors (Lipinski definition) is 6. The Bertz CT molecular complexity index is 445. The number of sulfone groups is 1. The predicted octanol–water partition coefficient (Wildman–Crippen LogP) is -0.915. The van der Waals surface area contributed by atoms with Crippen LogP contribution < -0.4 is 5.73 Å². The van der Waals surface area contributed by atoms with Gasteiger partial charge in [-0.1, -0.05) is 0 Å². The van der Waals surface area contributed by atoms with Gasteiger partial charge in [0.25, 0.3) is 0 Å². The zero-order valence-corrected chi connectivity index (χ0v) is 12.2. The summed E-state index contributed by atoms with van der Waals surface area (Å²) in [5.74, 6) is 0.856. The maximum atomic E-state index is 12.0. The lowest BCUT2D eigenvalue weighted by Gasteiger charge is -2.32. The topological polar surface area (TPSA) is 97.5 Å². The standard InChI is InChI=1S/C8H18N2O4S3/c1-16(11,12)8-7-15-5-4-10(8)17(13,14)6-2-3-9/h8H,2-7,9H2,1H3. The second-order valence-electron chi connectivity index (χ2n) is 3.93. The van der Waals surface area contributed by atoms with E-state index in [2.05, 4.69) is 0 Å². The number of rotatable bonds is 5. The van der Waals surface area contributed by atoms with Gasteiger partial charge in [-0.05, 0) is 13.0 Å². The third-order valence-electron chi connectivity index (χ3n) is 2.50. The molecule has 1 unspecified atom stereocenters. The van der Waals surface area contributed by atoms with Crippen molar-refractivity contribution in [1.82, 2.24) is 4.31 Å². The highest BCUT2D eigenvalue weighted by molar-refractivity contribution is 8.01. The molecule has 1 aliphatic heterocycles. The number of hydrogen-bond donors (Lipinski definition) is 1. The largest absolute Gasteiger partial charge is 0.330 e. The molecule has 0 amide bonds. The number of nitrogens with zero attached hydrogens (tertiary/aromatic N) is 1. The summed E-state index contributed by atoms with van der Waals surface area (Å²) >= 11 is 1.46. The summed E-state index contributed by atoms with van der Waals surface area (Å²) in [5, 5.41) is -0.927. The monoisotopic (exact) mass is 302 g/mol. The summed E-state index contributed by atoms with van der Waals surface area (Å²) in [6.07, 6.45) is 1.43. The van der Waals surface area contributed by atoms with Crippen LogP contribution >= 0.6 is 11.8 Å². The predicted molar refractivity (Wildman–Crippen MR) is 70.1 cm³/mol. The summed E-state index contributed by atoms with van der Waals surface area (Å²) in [6, 6.07) is 0. The first-order valence-corrected chi connectivity index (χ1v) is 9.97. The molecule has 1 heterocycles. The van der Waals surface area contributed by atoms with Crippen molar-refractivity contribution in [2.75, 3.05) is 36.6 Å². The fourth-order valence-electron chi connectivity index (χ4n) is 1.60. The molecule has 1 saturated heterocycles. The third-order valence-corrected chi connectivity index (χ3v) is 7.23. The molecule has 0 aromatic rings. The molecule has 2 N–H and O–H groups in total. The van der Waals surface area contributed by atoms with Gasteiger partial charge in [0.1, 0.15) is 5.37 Å². The molecule has 0 bridgehead atoms. The molecule has 0 aliphatic carbocycles. The molecule has 0 radical (unpaired) electrons. The van der Waals surface area contributed by atoms with Crippen LogP contribution in [0.3, 0.4) is 0 Å². The van der Waals surface area contributed by atoms with Crippen molar-refractivity contribution in [3.63, 3.8) is 0 Å². The van der Waals surface area contributed by atoms with Crippen LogP contribution in [0.25, 0.3) is 0 Å². The highest BCUT2D eigenvalue weighted by Crippen LogP contribution is 2.23. The van der Waals surface area contributed by atoms with Crippen molar-refractivity contribution in [2.24, 2.45) is 5.73 Å². The van der Waals surface area contributed by atoms with Gasteiger partial charge in [0.2, 0.25) is 10.0 Å². The van der Waals surface area contributed by atoms with Gasteiger partial charge < -0.3 is 5.73 Å². The lowest BCUT2D eigenvalue weighted by molar-refractivity contribution is 0.404. The van der Waals surface area contributed by atoms with Gasteiger partial charge in [-0.15, -0.1) is 0 Å². The molecule has 1 rings (SSSR count). The highest BCUT2D eigenvalue weighted by Gasteiger charge is 2.37. The third kappa shape index (κ3) is 4.09. The van der Waals surface area contributed by atoms with Crippen LogP contribution in [0.4, 0.5) is 0 Å². The second-order valence-corrected chi connectivity index (χ2v) is 9.32. The highest BCUT2D eigenvalue weighted by atomic mass is 32.2. The van der Waals surface area contributed by atoms with Crippen molar-refractivity contribution in [3.05, 3.63) is 0 Å². The van der Waals surface area contributed by atoms with Crippen molar-refractivity contribution in [2.45, 2.75) is 11.8 Å². The van der Waals surface area contributed by atoms with Crippen LogP contribution in [-0.2, 0) is 19.9 Å². The average Bonchev–Trinajstić information content (AvgIpc) is 2.25. The summed E-state index contributed by atoms with van der Waals surface area (Å²) in [6.45, 7) is 0.542. The van der Waals surface area contributed by atoms with E-state index in [9.17, 15) is 16.8 Å². The minimum Gasteiger partial charge on any atom is -0.330 e. The minimum atomic E-state index is -3.52. The Morgan fingerprint density at radius 3 is 2.53 bits per heavy atom. The zero-order valence-electron chi connectivity index (χ0n) is 9.70. The van der Waals surface area contributed by atoms with Crippen LogP contribution in [0.1, 0.15) is 6.42 Å². The smallest absolute Gasteiger partial charge is 0.215 e. The zero-order chi connectivity index (χ0) is 13.1. The Morgan fingerprint density at radius 2 is 2.00 bits per heavy atom. The SMILES string of the molecule is CS(=O)(=O)C1CSCCN1S(=O)(=O)CCCN. The van der Waals surface area contributed by atoms with E-state index in [1.807, 2.05) is 0 Å². The van der Waals surface area contributed by atoms with Gasteiger partial charge in [0, 0.05) is 24.3 Å². The first-order valence-electron chi connectivity index (χ1n) is 5.25. The van der Waals surface area contributed by atoms with Crippen LogP contribution in [0.5, 0.6) is 0 Å². The molecule has 1 fully saturated rings. The second kappa shape index (κ2) is 5.87. The Balaban J connectivity index is 2.92. The molecule has 6 nitrogen and oxygen atoms in total. The van der Waals surface area contributed by atoms with Crippen LogP contribution in [0, 0.1) is 0 Å². The molecule has 0 saturated carbocycles. The van der Waals surface area contributed by atoms with Crippen molar-refractivity contribution >= 4 is 31.6 Å². The average molecular weight is 302 g/mol. The summed E-state index contributed by atoms with van der Waals surface area (Å²) in [7, 11) is -6.91. The van der Waals surface area contributed by atoms with Gasteiger partial charge in [-0.3, -0.25) is 0 Å². The molecule has 9 heteroatoms. The quantitative estimate of drug-likeness (QED) is 0.706. The Kier molecular flexibility index (Phi) is 5.26. The molecule has 1 atom stereocenters. The van der Waals surface area contributed by atoms with Crippen molar-refractivity contribution in [1.29, 1.82) is 0 Å². The van der Waals surface area contributed by atoms with E-state index in [0.717, 1.165) is 10.6 Å². The lowest BCUT2D eigenvalue weighted by Crippen LogP contribution is -2.50. The van der Waals surface area contributed by atoms with Gasteiger partial charge in [0.05, 0.1) is 5.75 Å². The number of thioether (sulfide) groups is 1. The Labute approximate surface area is 107 Å².